The molecule has 0 bridgehead atoms. The first kappa shape index (κ1) is 15.2. The lowest BCUT2D eigenvalue weighted by molar-refractivity contribution is 0.348. The van der Waals surface area contributed by atoms with Crippen LogP contribution in [-0.4, -0.2) is 23.6 Å². The van der Waals surface area contributed by atoms with Crippen molar-refractivity contribution in [1.29, 1.82) is 0 Å². The van der Waals surface area contributed by atoms with E-state index in [1.807, 2.05) is 23.9 Å². The van der Waals surface area contributed by atoms with Crippen molar-refractivity contribution in [2.45, 2.75) is 56.4 Å². The van der Waals surface area contributed by atoms with E-state index in [9.17, 15) is 0 Å². The number of benzene rings is 1. The van der Waals surface area contributed by atoms with Gasteiger partial charge in [0.05, 0.1) is 0 Å². The molecule has 1 atom stereocenters. The Bertz CT molecular complexity index is 371. The van der Waals surface area contributed by atoms with E-state index in [1.54, 1.807) is 0 Å². The molecule has 3 heteroatoms. The predicted molar refractivity (Wildman–Crippen MR) is 87.3 cm³/mol. The second-order valence-corrected chi connectivity index (χ2v) is 7.18. The van der Waals surface area contributed by atoms with E-state index >= 15 is 0 Å². The summed E-state index contributed by atoms with van der Waals surface area (Å²) in [6.45, 7) is 2.29. The topological polar surface area (TPSA) is 12.0 Å². The van der Waals surface area contributed by atoms with Gasteiger partial charge in [0, 0.05) is 22.4 Å². The predicted octanol–water partition coefficient (Wildman–Crippen LogP) is 4.53. The van der Waals surface area contributed by atoms with Crippen molar-refractivity contribution >= 4 is 23.4 Å². The van der Waals surface area contributed by atoms with Crippen LogP contribution in [0.4, 0.5) is 0 Å². The number of hydrogen-bond donors (Lipinski definition) is 1. The summed E-state index contributed by atoms with van der Waals surface area (Å²) < 4.78 is 0. The zero-order chi connectivity index (χ0) is 13.7. The van der Waals surface area contributed by atoms with Crippen LogP contribution in [0.2, 0.25) is 5.02 Å². The van der Waals surface area contributed by atoms with E-state index in [1.165, 1.54) is 31.2 Å². The molecule has 0 aliphatic heterocycles. The Morgan fingerprint density at radius 1 is 1.21 bits per heavy atom. The molecule has 106 valence electrons. The maximum atomic E-state index is 5.91. The van der Waals surface area contributed by atoms with Crippen LogP contribution < -0.4 is 5.32 Å². The minimum absolute atomic E-state index is 0.539. The summed E-state index contributed by atoms with van der Waals surface area (Å²) in [7, 11) is 0. The van der Waals surface area contributed by atoms with E-state index in [2.05, 4.69) is 30.6 Å². The fourth-order valence-electron chi connectivity index (χ4n) is 2.90. The van der Waals surface area contributed by atoms with Gasteiger partial charge < -0.3 is 5.32 Å². The summed E-state index contributed by atoms with van der Waals surface area (Å²) in [5, 5.41) is 5.50. The molecule has 1 aromatic rings. The average Bonchev–Trinajstić information content (AvgIpc) is 2.42. The molecule has 19 heavy (non-hydrogen) atoms. The van der Waals surface area contributed by atoms with Gasteiger partial charge in [0.2, 0.25) is 0 Å². The van der Waals surface area contributed by atoms with Crippen molar-refractivity contribution in [3.05, 3.63) is 34.9 Å². The van der Waals surface area contributed by atoms with Crippen molar-refractivity contribution < 1.29 is 0 Å². The second-order valence-electron chi connectivity index (χ2n) is 5.61. The number of rotatable bonds is 5. The molecular weight excluding hydrogens is 274 g/mol. The van der Waals surface area contributed by atoms with Crippen LogP contribution in [0.1, 0.15) is 38.2 Å². The molecule has 1 unspecified atom stereocenters. The third-order valence-electron chi connectivity index (χ3n) is 3.98. The molecule has 1 aliphatic rings. The van der Waals surface area contributed by atoms with Crippen molar-refractivity contribution in [1.82, 2.24) is 5.32 Å². The Hall–Kier alpha value is -0.180. The van der Waals surface area contributed by atoms with Gasteiger partial charge in [0.15, 0.2) is 0 Å². The Balaban J connectivity index is 1.75. The quantitative estimate of drug-likeness (QED) is 0.856. The third-order valence-corrected chi connectivity index (χ3v) is 5.37. The van der Waals surface area contributed by atoms with Crippen molar-refractivity contribution in [3.63, 3.8) is 0 Å². The largest absolute Gasteiger partial charge is 0.311 e. The highest BCUT2D eigenvalue weighted by atomic mass is 35.5. The van der Waals surface area contributed by atoms with E-state index < -0.39 is 0 Å². The summed E-state index contributed by atoms with van der Waals surface area (Å²) >= 11 is 7.94. The molecule has 1 aromatic carbocycles. The summed E-state index contributed by atoms with van der Waals surface area (Å²) in [4.78, 5) is 0. The molecule has 0 heterocycles. The number of hydrogen-bond acceptors (Lipinski definition) is 2. The van der Waals surface area contributed by atoms with E-state index in [0.717, 1.165) is 16.7 Å². The first-order valence-electron chi connectivity index (χ1n) is 7.20. The van der Waals surface area contributed by atoms with E-state index in [0.29, 0.717) is 12.1 Å². The maximum Gasteiger partial charge on any atom is 0.0406 e. The molecule has 1 N–H and O–H groups in total. The Labute approximate surface area is 126 Å². The zero-order valence-corrected chi connectivity index (χ0v) is 13.4. The van der Waals surface area contributed by atoms with Crippen molar-refractivity contribution in [2.75, 3.05) is 6.26 Å². The summed E-state index contributed by atoms with van der Waals surface area (Å²) in [6.07, 6.45) is 8.72. The molecule has 0 spiro atoms. The second kappa shape index (κ2) is 7.56. The first-order chi connectivity index (χ1) is 9.17. The molecule has 1 fully saturated rings. The van der Waals surface area contributed by atoms with Crippen LogP contribution in [0.5, 0.6) is 0 Å². The van der Waals surface area contributed by atoms with Gasteiger partial charge in [-0.15, -0.1) is 0 Å². The summed E-state index contributed by atoms with van der Waals surface area (Å²) in [5.74, 6) is 0. The van der Waals surface area contributed by atoms with Gasteiger partial charge in [-0.25, -0.2) is 0 Å². The van der Waals surface area contributed by atoms with Crippen LogP contribution in [0, 0.1) is 0 Å². The lowest BCUT2D eigenvalue weighted by atomic mass is 9.94. The van der Waals surface area contributed by atoms with Gasteiger partial charge in [-0.05, 0) is 63.0 Å². The van der Waals surface area contributed by atoms with Gasteiger partial charge in [-0.1, -0.05) is 23.7 Å². The third kappa shape index (κ3) is 5.02. The fraction of sp³-hybridized carbons (Fsp3) is 0.625. The number of nitrogens with one attached hydrogen (secondary N) is 1. The summed E-state index contributed by atoms with van der Waals surface area (Å²) in [5.41, 5.74) is 1.36. The Morgan fingerprint density at radius 3 is 2.42 bits per heavy atom. The zero-order valence-electron chi connectivity index (χ0n) is 11.9. The maximum absolute atomic E-state index is 5.91. The number of thioether (sulfide) groups is 1. The molecule has 1 aliphatic carbocycles. The smallest absolute Gasteiger partial charge is 0.0406 e. The molecule has 0 saturated heterocycles. The molecule has 0 amide bonds. The van der Waals surface area contributed by atoms with Gasteiger partial charge in [0.25, 0.3) is 0 Å². The Kier molecular flexibility index (Phi) is 6.06. The van der Waals surface area contributed by atoms with E-state index in [4.69, 9.17) is 11.6 Å². The Morgan fingerprint density at radius 2 is 1.84 bits per heavy atom. The van der Waals surface area contributed by atoms with Crippen LogP contribution in [-0.2, 0) is 6.42 Å². The van der Waals surface area contributed by atoms with E-state index in [-0.39, 0.29) is 0 Å². The molecule has 0 aromatic heterocycles. The van der Waals surface area contributed by atoms with Crippen molar-refractivity contribution in [3.8, 4) is 0 Å². The van der Waals surface area contributed by atoms with Gasteiger partial charge in [-0.3, -0.25) is 0 Å². The molecule has 1 nitrogen and oxygen atoms in total. The van der Waals surface area contributed by atoms with Crippen molar-refractivity contribution in [2.24, 2.45) is 0 Å². The van der Waals surface area contributed by atoms with Crippen LogP contribution >= 0.6 is 23.4 Å². The monoisotopic (exact) mass is 297 g/mol. The SMILES string of the molecule is CSC1CCC(NC(C)Cc2ccc(Cl)cc2)CC1. The highest BCUT2D eigenvalue weighted by Gasteiger charge is 2.21. The average molecular weight is 298 g/mol. The molecule has 1 saturated carbocycles. The van der Waals surface area contributed by atoms with Gasteiger partial charge >= 0.3 is 0 Å². The fourth-order valence-corrected chi connectivity index (χ4v) is 3.77. The minimum atomic E-state index is 0.539. The van der Waals surface area contributed by atoms with Crippen LogP contribution in [0.3, 0.4) is 0 Å². The lowest BCUT2D eigenvalue weighted by Gasteiger charge is -2.30. The molecule has 2 rings (SSSR count). The van der Waals surface area contributed by atoms with Crippen LogP contribution in [0.25, 0.3) is 0 Å². The normalized spacial score (nSPS) is 25.2. The van der Waals surface area contributed by atoms with Crippen LogP contribution in [0.15, 0.2) is 24.3 Å². The van der Waals surface area contributed by atoms with Gasteiger partial charge in [-0.2, -0.15) is 11.8 Å². The number of halogens is 1. The highest BCUT2D eigenvalue weighted by molar-refractivity contribution is 7.99. The molecule has 0 radical (unpaired) electrons. The van der Waals surface area contributed by atoms with Gasteiger partial charge in [0.1, 0.15) is 0 Å². The highest BCUT2D eigenvalue weighted by Crippen LogP contribution is 2.27. The molecular formula is C16H24ClNS. The minimum Gasteiger partial charge on any atom is -0.311 e. The summed E-state index contributed by atoms with van der Waals surface area (Å²) in [6, 6.07) is 9.47. The standard InChI is InChI=1S/C16H24ClNS/c1-12(11-13-3-5-14(17)6-4-13)18-15-7-9-16(19-2)10-8-15/h3-6,12,15-16,18H,7-11H2,1-2H3. The lowest BCUT2D eigenvalue weighted by Crippen LogP contribution is -2.40. The first-order valence-corrected chi connectivity index (χ1v) is 8.87.